The SMILES string of the molecule is CCNC(=NCCN1CCCCC1CC)NCCC(=O)N(C)C.I. The van der Waals surface area contributed by atoms with Crippen LogP contribution in [0.25, 0.3) is 0 Å². The van der Waals surface area contributed by atoms with Gasteiger partial charge in [0.25, 0.3) is 0 Å². The Balaban J connectivity index is 0.00000529. The van der Waals surface area contributed by atoms with Gasteiger partial charge in [0.05, 0.1) is 6.54 Å². The third-order valence-electron chi connectivity index (χ3n) is 4.35. The summed E-state index contributed by atoms with van der Waals surface area (Å²) in [6.07, 6.45) is 5.72. The topological polar surface area (TPSA) is 60.0 Å². The molecule has 1 heterocycles. The largest absolute Gasteiger partial charge is 0.357 e. The molecule has 0 aromatic heterocycles. The predicted molar refractivity (Wildman–Crippen MR) is 112 cm³/mol. The van der Waals surface area contributed by atoms with E-state index in [1.54, 1.807) is 19.0 Å². The molecule has 142 valence electrons. The van der Waals surface area contributed by atoms with E-state index in [9.17, 15) is 4.79 Å². The van der Waals surface area contributed by atoms with Gasteiger partial charge in [0.1, 0.15) is 0 Å². The summed E-state index contributed by atoms with van der Waals surface area (Å²) in [7, 11) is 3.56. The number of halogens is 1. The van der Waals surface area contributed by atoms with E-state index in [1.165, 1.54) is 32.2 Å². The highest BCUT2D eigenvalue weighted by atomic mass is 127. The zero-order valence-electron chi connectivity index (χ0n) is 15.8. The second-order valence-corrected chi connectivity index (χ2v) is 6.32. The summed E-state index contributed by atoms with van der Waals surface area (Å²) in [5.41, 5.74) is 0. The van der Waals surface area contributed by atoms with Crippen molar-refractivity contribution in [3.8, 4) is 0 Å². The molecule has 1 saturated heterocycles. The van der Waals surface area contributed by atoms with Crippen molar-refractivity contribution in [2.75, 3.05) is 46.8 Å². The summed E-state index contributed by atoms with van der Waals surface area (Å²) < 4.78 is 0. The first-order chi connectivity index (χ1) is 11.1. The average molecular weight is 453 g/mol. The van der Waals surface area contributed by atoms with Gasteiger partial charge in [-0.15, -0.1) is 24.0 Å². The summed E-state index contributed by atoms with van der Waals surface area (Å²) in [6, 6.07) is 0.729. The van der Waals surface area contributed by atoms with Gasteiger partial charge in [-0.2, -0.15) is 0 Å². The summed E-state index contributed by atoms with van der Waals surface area (Å²) in [5, 5.41) is 6.49. The minimum absolute atomic E-state index is 0. The third-order valence-corrected chi connectivity index (χ3v) is 4.35. The van der Waals surface area contributed by atoms with Gasteiger partial charge in [0.15, 0.2) is 5.96 Å². The Morgan fingerprint density at radius 1 is 1.25 bits per heavy atom. The first-order valence-electron chi connectivity index (χ1n) is 9.04. The number of rotatable bonds is 8. The first-order valence-corrected chi connectivity index (χ1v) is 9.04. The summed E-state index contributed by atoms with van der Waals surface area (Å²) in [4.78, 5) is 20.4. The van der Waals surface area contributed by atoms with Crippen LogP contribution in [0.15, 0.2) is 4.99 Å². The Bertz CT molecular complexity index is 376. The van der Waals surface area contributed by atoms with Gasteiger partial charge in [-0.05, 0) is 32.7 Å². The van der Waals surface area contributed by atoms with Gasteiger partial charge < -0.3 is 15.5 Å². The molecule has 0 radical (unpaired) electrons. The minimum Gasteiger partial charge on any atom is -0.357 e. The number of nitrogens with one attached hydrogen (secondary N) is 2. The lowest BCUT2D eigenvalue weighted by Crippen LogP contribution is -2.42. The van der Waals surface area contributed by atoms with Crippen LogP contribution in [0.3, 0.4) is 0 Å². The molecule has 6 nitrogen and oxygen atoms in total. The monoisotopic (exact) mass is 453 g/mol. The van der Waals surface area contributed by atoms with Crippen molar-refractivity contribution < 1.29 is 4.79 Å². The summed E-state index contributed by atoms with van der Waals surface area (Å²) in [6.45, 7) is 8.80. The molecular weight excluding hydrogens is 417 g/mol. The Morgan fingerprint density at radius 2 is 2.00 bits per heavy atom. The number of carbonyl (C=O) groups is 1. The van der Waals surface area contributed by atoms with Crippen LogP contribution in [0.4, 0.5) is 0 Å². The summed E-state index contributed by atoms with van der Waals surface area (Å²) in [5.74, 6) is 0.941. The van der Waals surface area contributed by atoms with Crippen LogP contribution >= 0.6 is 24.0 Å². The van der Waals surface area contributed by atoms with Gasteiger partial charge in [-0.1, -0.05) is 13.3 Å². The van der Waals surface area contributed by atoms with Crippen molar-refractivity contribution in [2.45, 2.75) is 52.0 Å². The molecule has 24 heavy (non-hydrogen) atoms. The molecule has 0 bridgehead atoms. The van der Waals surface area contributed by atoms with E-state index in [4.69, 9.17) is 0 Å². The fourth-order valence-electron chi connectivity index (χ4n) is 2.96. The van der Waals surface area contributed by atoms with E-state index in [2.05, 4.69) is 34.4 Å². The standard InChI is InChI=1S/C17H35N5O.HI/c1-5-15-9-7-8-13-22(15)14-12-20-17(18-6-2)19-11-10-16(23)21(3)4;/h15H,5-14H2,1-4H3,(H2,18,19,20);1H. The van der Waals surface area contributed by atoms with E-state index in [-0.39, 0.29) is 29.9 Å². The Hall–Kier alpha value is -0.570. The molecule has 2 N–H and O–H groups in total. The van der Waals surface area contributed by atoms with Crippen LogP contribution < -0.4 is 10.6 Å². The van der Waals surface area contributed by atoms with E-state index < -0.39 is 0 Å². The maximum atomic E-state index is 11.6. The highest BCUT2D eigenvalue weighted by Gasteiger charge is 2.19. The van der Waals surface area contributed by atoms with Gasteiger partial charge in [0.2, 0.25) is 5.91 Å². The van der Waals surface area contributed by atoms with Gasteiger partial charge in [-0.3, -0.25) is 14.7 Å². The van der Waals surface area contributed by atoms with Crippen LogP contribution in [0.5, 0.6) is 0 Å². The molecule has 0 saturated carbocycles. The smallest absolute Gasteiger partial charge is 0.223 e. The zero-order chi connectivity index (χ0) is 17.1. The van der Waals surface area contributed by atoms with Crippen LogP contribution in [0, 0.1) is 0 Å². The maximum absolute atomic E-state index is 11.6. The molecule has 1 rings (SSSR count). The number of amides is 1. The average Bonchev–Trinajstić information content (AvgIpc) is 2.55. The Kier molecular flexibility index (Phi) is 13.4. The van der Waals surface area contributed by atoms with Crippen molar-refractivity contribution in [1.82, 2.24) is 20.4 Å². The lowest BCUT2D eigenvalue weighted by atomic mass is 10.0. The molecule has 0 aliphatic carbocycles. The molecule has 0 aromatic rings. The Labute approximate surface area is 164 Å². The highest BCUT2D eigenvalue weighted by molar-refractivity contribution is 14.0. The zero-order valence-corrected chi connectivity index (χ0v) is 18.1. The molecular formula is C17H36IN5O. The lowest BCUT2D eigenvalue weighted by molar-refractivity contribution is -0.128. The number of hydrogen-bond acceptors (Lipinski definition) is 3. The molecule has 1 aliphatic rings. The molecule has 1 atom stereocenters. The van der Waals surface area contributed by atoms with Gasteiger partial charge in [-0.25, -0.2) is 0 Å². The van der Waals surface area contributed by atoms with E-state index in [0.29, 0.717) is 13.0 Å². The summed E-state index contributed by atoms with van der Waals surface area (Å²) >= 11 is 0. The molecule has 0 aromatic carbocycles. The first kappa shape index (κ1) is 23.4. The number of piperidine rings is 1. The van der Waals surface area contributed by atoms with E-state index in [1.807, 2.05) is 0 Å². The number of carbonyl (C=O) groups excluding carboxylic acids is 1. The predicted octanol–water partition coefficient (Wildman–Crippen LogP) is 1.90. The lowest BCUT2D eigenvalue weighted by Gasteiger charge is -2.34. The maximum Gasteiger partial charge on any atom is 0.223 e. The fraction of sp³-hybridized carbons (Fsp3) is 0.882. The van der Waals surface area contributed by atoms with Crippen molar-refractivity contribution in [3.05, 3.63) is 0 Å². The minimum atomic E-state index is 0. The van der Waals surface area contributed by atoms with Gasteiger partial charge in [0, 0.05) is 46.2 Å². The molecule has 0 spiro atoms. The van der Waals surface area contributed by atoms with Crippen LogP contribution in [0.1, 0.15) is 46.0 Å². The highest BCUT2D eigenvalue weighted by Crippen LogP contribution is 2.18. The van der Waals surface area contributed by atoms with Crippen molar-refractivity contribution >= 4 is 35.8 Å². The quantitative estimate of drug-likeness (QED) is 0.335. The number of nitrogens with zero attached hydrogens (tertiary/aromatic N) is 3. The van der Waals surface area contributed by atoms with Crippen molar-refractivity contribution in [2.24, 2.45) is 4.99 Å². The van der Waals surface area contributed by atoms with Crippen LogP contribution in [-0.2, 0) is 4.79 Å². The number of guanidine groups is 1. The van der Waals surface area contributed by atoms with E-state index >= 15 is 0 Å². The molecule has 1 amide bonds. The van der Waals surface area contributed by atoms with Gasteiger partial charge >= 0.3 is 0 Å². The molecule has 1 unspecified atom stereocenters. The second-order valence-electron chi connectivity index (χ2n) is 6.32. The van der Waals surface area contributed by atoms with E-state index in [0.717, 1.165) is 31.6 Å². The fourth-order valence-corrected chi connectivity index (χ4v) is 2.96. The van der Waals surface area contributed by atoms with Crippen molar-refractivity contribution in [3.63, 3.8) is 0 Å². The molecule has 1 fully saturated rings. The number of aliphatic imine (C=N–C) groups is 1. The van der Waals surface area contributed by atoms with Crippen LogP contribution in [-0.4, -0.2) is 74.5 Å². The third kappa shape index (κ3) is 9.05. The molecule has 1 aliphatic heterocycles. The Morgan fingerprint density at radius 3 is 2.62 bits per heavy atom. The second kappa shape index (κ2) is 13.7. The number of likely N-dealkylation sites (tertiary alicyclic amines) is 1. The normalized spacial score (nSPS) is 18.7. The molecule has 7 heteroatoms. The van der Waals surface area contributed by atoms with Crippen LogP contribution in [0.2, 0.25) is 0 Å². The van der Waals surface area contributed by atoms with Crippen molar-refractivity contribution in [1.29, 1.82) is 0 Å². The number of hydrogen-bond donors (Lipinski definition) is 2.